The smallest absolute Gasteiger partial charge is 0.332 e. The van der Waals surface area contributed by atoms with Gasteiger partial charge >= 0.3 is 6.03 Å². The molecule has 1 heterocycles. The van der Waals surface area contributed by atoms with Crippen LogP contribution in [0.15, 0.2) is 23.4 Å². The minimum atomic E-state index is -0.650. The maximum absolute atomic E-state index is 12.0. The average Bonchev–Trinajstić information content (AvgIpc) is 2.86. The molecule has 110 valence electrons. The van der Waals surface area contributed by atoms with E-state index in [1.807, 2.05) is 13.1 Å². The van der Waals surface area contributed by atoms with Crippen molar-refractivity contribution in [2.75, 3.05) is 27.7 Å². The molecule has 1 aliphatic heterocycles. The molecule has 6 nitrogen and oxygen atoms in total. The van der Waals surface area contributed by atoms with Crippen molar-refractivity contribution in [3.63, 3.8) is 0 Å². The number of hydrogen-bond donors (Lipinski definition) is 0. The van der Waals surface area contributed by atoms with Crippen LogP contribution in [0.1, 0.15) is 19.8 Å². The lowest BCUT2D eigenvalue weighted by atomic mass is 10.2. The van der Waals surface area contributed by atoms with Crippen LogP contribution in [0.25, 0.3) is 0 Å². The topological polar surface area (TPSA) is 60.9 Å². The van der Waals surface area contributed by atoms with Gasteiger partial charge in [0.25, 0.3) is 5.91 Å². The minimum absolute atomic E-state index is 0.376. The number of carbonyl (C=O) groups is 3. The van der Waals surface area contributed by atoms with Gasteiger partial charge in [-0.3, -0.25) is 19.4 Å². The summed E-state index contributed by atoms with van der Waals surface area (Å²) in [5, 5.41) is 0. The fraction of sp³-hybridized carbons (Fsp3) is 0.500. The number of likely N-dealkylation sites (tertiary alicyclic amines) is 1. The SMILES string of the molecule is C/C(=C/C=C1\CCCN1C)C(=O)N(C)C(=O)N(C)C=O. The quantitative estimate of drug-likeness (QED) is 0.575. The van der Waals surface area contributed by atoms with E-state index in [2.05, 4.69) is 4.90 Å². The van der Waals surface area contributed by atoms with Crippen molar-refractivity contribution in [2.24, 2.45) is 0 Å². The van der Waals surface area contributed by atoms with Crippen LogP contribution in [0.3, 0.4) is 0 Å². The van der Waals surface area contributed by atoms with Crippen LogP contribution in [0, 0.1) is 0 Å². The third kappa shape index (κ3) is 3.69. The highest BCUT2D eigenvalue weighted by Crippen LogP contribution is 2.18. The molecule has 0 bridgehead atoms. The van der Waals surface area contributed by atoms with Crippen LogP contribution >= 0.6 is 0 Å². The fourth-order valence-electron chi connectivity index (χ4n) is 1.97. The highest BCUT2D eigenvalue weighted by molar-refractivity contribution is 6.05. The molecule has 1 saturated heterocycles. The van der Waals surface area contributed by atoms with E-state index in [0.29, 0.717) is 12.0 Å². The zero-order valence-corrected chi connectivity index (χ0v) is 12.4. The summed E-state index contributed by atoms with van der Waals surface area (Å²) in [5.74, 6) is -0.416. The Bertz CT molecular complexity index is 468. The predicted molar refractivity (Wildman–Crippen MR) is 75.7 cm³/mol. The zero-order valence-electron chi connectivity index (χ0n) is 12.4. The van der Waals surface area contributed by atoms with E-state index in [9.17, 15) is 14.4 Å². The normalized spacial score (nSPS) is 17.3. The van der Waals surface area contributed by atoms with Crippen LogP contribution in [-0.4, -0.2) is 60.7 Å². The molecule has 0 spiro atoms. The van der Waals surface area contributed by atoms with Crippen molar-refractivity contribution >= 4 is 18.3 Å². The third-order valence-corrected chi connectivity index (χ3v) is 3.33. The van der Waals surface area contributed by atoms with Crippen molar-refractivity contribution in [1.82, 2.24) is 14.7 Å². The van der Waals surface area contributed by atoms with Gasteiger partial charge in [-0.1, -0.05) is 6.08 Å². The summed E-state index contributed by atoms with van der Waals surface area (Å²) in [6, 6.07) is -0.650. The Morgan fingerprint density at radius 1 is 1.30 bits per heavy atom. The van der Waals surface area contributed by atoms with Crippen molar-refractivity contribution in [3.8, 4) is 0 Å². The Kier molecular flexibility index (Phi) is 5.49. The lowest BCUT2D eigenvalue weighted by Gasteiger charge is -2.19. The van der Waals surface area contributed by atoms with Gasteiger partial charge in [0.2, 0.25) is 6.41 Å². The average molecular weight is 279 g/mol. The number of likely N-dealkylation sites (N-methyl/N-ethyl adjacent to an activating group) is 1. The van der Waals surface area contributed by atoms with E-state index in [1.54, 1.807) is 13.0 Å². The second kappa shape index (κ2) is 6.88. The number of carbonyl (C=O) groups excluding carboxylic acids is 3. The molecule has 0 saturated carbocycles. The molecule has 0 N–H and O–H groups in total. The third-order valence-electron chi connectivity index (χ3n) is 3.33. The molecule has 1 aliphatic rings. The van der Waals surface area contributed by atoms with Crippen LogP contribution < -0.4 is 0 Å². The van der Waals surface area contributed by atoms with Gasteiger partial charge in [-0.05, 0) is 25.8 Å². The summed E-state index contributed by atoms with van der Waals surface area (Å²) < 4.78 is 0. The molecule has 0 aliphatic carbocycles. The standard InChI is InChI=1S/C14H21N3O3/c1-11(7-8-12-6-5-9-15(12)2)13(19)17(4)14(20)16(3)10-18/h7-8,10H,5-6,9H2,1-4H3/b11-7-,12-8+. The molecule has 1 rings (SSSR count). The summed E-state index contributed by atoms with van der Waals surface area (Å²) in [5.41, 5.74) is 1.63. The van der Waals surface area contributed by atoms with Crippen LogP contribution in [-0.2, 0) is 9.59 Å². The fourth-order valence-corrected chi connectivity index (χ4v) is 1.97. The Hall–Kier alpha value is -2.11. The maximum atomic E-state index is 12.0. The summed E-state index contributed by atoms with van der Waals surface area (Å²) in [6.07, 6.45) is 6.11. The molecule has 1 fully saturated rings. The van der Waals surface area contributed by atoms with Crippen LogP contribution in [0.4, 0.5) is 4.79 Å². The molecular formula is C14H21N3O3. The second-order valence-electron chi connectivity index (χ2n) is 4.90. The Labute approximate surface area is 119 Å². The van der Waals surface area contributed by atoms with E-state index >= 15 is 0 Å². The van der Waals surface area contributed by atoms with Crippen molar-refractivity contribution < 1.29 is 14.4 Å². The number of urea groups is 1. The second-order valence-corrected chi connectivity index (χ2v) is 4.90. The zero-order chi connectivity index (χ0) is 15.3. The molecule has 6 heteroatoms. The maximum Gasteiger partial charge on any atom is 0.332 e. The van der Waals surface area contributed by atoms with Crippen molar-refractivity contribution in [1.29, 1.82) is 0 Å². The molecule has 0 aromatic heterocycles. The van der Waals surface area contributed by atoms with E-state index in [-0.39, 0.29) is 0 Å². The molecule has 0 aromatic carbocycles. The molecule has 0 radical (unpaired) electrons. The first-order chi connectivity index (χ1) is 9.38. The summed E-state index contributed by atoms with van der Waals surface area (Å²) >= 11 is 0. The largest absolute Gasteiger partial charge is 0.378 e. The number of amides is 4. The Morgan fingerprint density at radius 2 is 1.95 bits per heavy atom. The van der Waals surface area contributed by atoms with Gasteiger partial charge in [0, 0.05) is 39.0 Å². The van der Waals surface area contributed by atoms with Gasteiger partial charge in [-0.2, -0.15) is 0 Å². The minimum Gasteiger partial charge on any atom is -0.378 e. The lowest BCUT2D eigenvalue weighted by molar-refractivity contribution is -0.124. The van der Waals surface area contributed by atoms with E-state index < -0.39 is 11.9 Å². The molecule has 4 amide bonds. The predicted octanol–water partition coefficient (Wildman–Crippen LogP) is 1.21. The summed E-state index contributed by atoms with van der Waals surface area (Å²) in [6.45, 7) is 2.67. The summed E-state index contributed by atoms with van der Waals surface area (Å²) in [7, 11) is 4.68. The number of hydrogen-bond acceptors (Lipinski definition) is 4. The van der Waals surface area contributed by atoms with Gasteiger partial charge in [-0.15, -0.1) is 0 Å². The lowest BCUT2D eigenvalue weighted by Crippen LogP contribution is -2.41. The first kappa shape index (κ1) is 15.9. The monoisotopic (exact) mass is 279 g/mol. The van der Waals surface area contributed by atoms with Gasteiger partial charge in [0.15, 0.2) is 0 Å². The van der Waals surface area contributed by atoms with Crippen molar-refractivity contribution in [3.05, 3.63) is 23.4 Å². The van der Waals surface area contributed by atoms with Crippen LogP contribution in [0.2, 0.25) is 0 Å². The van der Waals surface area contributed by atoms with E-state index in [4.69, 9.17) is 0 Å². The Morgan fingerprint density at radius 3 is 2.45 bits per heavy atom. The van der Waals surface area contributed by atoms with Crippen LogP contribution in [0.5, 0.6) is 0 Å². The molecular weight excluding hydrogens is 258 g/mol. The highest BCUT2D eigenvalue weighted by Gasteiger charge is 2.21. The number of allylic oxidation sites excluding steroid dienone is 3. The van der Waals surface area contributed by atoms with Crippen molar-refractivity contribution in [2.45, 2.75) is 19.8 Å². The first-order valence-corrected chi connectivity index (χ1v) is 6.47. The molecule has 0 atom stereocenters. The highest BCUT2D eigenvalue weighted by atomic mass is 16.2. The van der Waals surface area contributed by atoms with E-state index in [0.717, 1.165) is 29.2 Å². The first-order valence-electron chi connectivity index (χ1n) is 6.47. The number of imide groups is 2. The molecule has 0 unspecified atom stereocenters. The van der Waals surface area contributed by atoms with E-state index in [1.165, 1.54) is 19.8 Å². The number of nitrogens with zero attached hydrogens (tertiary/aromatic N) is 3. The van der Waals surface area contributed by atoms with Gasteiger partial charge in [-0.25, -0.2) is 4.79 Å². The molecule has 0 aromatic rings. The van der Waals surface area contributed by atoms with Gasteiger partial charge in [0.05, 0.1) is 0 Å². The van der Waals surface area contributed by atoms with Gasteiger partial charge < -0.3 is 4.90 Å². The Balaban J connectivity index is 2.75. The number of rotatable bonds is 3. The van der Waals surface area contributed by atoms with Gasteiger partial charge in [0.1, 0.15) is 0 Å². The molecule has 20 heavy (non-hydrogen) atoms. The summed E-state index contributed by atoms with van der Waals surface area (Å²) in [4.78, 5) is 38.1.